The normalized spacial score (nSPS) is 13.3. The third kappa shape index (κ3) is 4.36. The van der Waals surface area contributed by atoms with Gasteiger partial charge in [0.25, 0.3) is 0 Å². The Hall–Kier alpha value is -1.31. The van der Waals surface area contributed by atoms with Gasteiger partial charge in [-0.2, -0.15) is 0 Å². The number of nitrogens with one attached hydrogen (secondary N) is 1. The van der Waals surface area contributed by atoms with E-state index in [2.05, 4.69) is 5.32 Å². The van der Waals surface area contributed by atoms with E-state index in [1.165, 1.54) is 19.2 Å². The summed E-state index contributed by atoms with van der Waals surface area (Å²) in [5, 5.41) is 8.39. The molecule has 1 rings (SSSR count). The van der Waals surface area contributed by atoms with Gasteiger partial charge in [0, 0.05) is 7.11 Å². The predicted molar refractivity (Wildman–Crippen MR) is 78.5 cm³/mol. The Labute approximate surface area is 120 Å². The van der Waals surface area contributed by atoms with E-state index in [1.807, 2.05) is 13.8 Å². The van der Waals surface area contributed by atoms with Crippen LogP contribution in [0, 0.1) is 5.92 Å². The molecular weight excluding hydrogens is 280 g/mol. The second-order valence-corrected chi connectivity index (χ2v) is 6.42. The van der Waals surface area contributed by atoms with Crippen LogP contribution >= 0.6 is 0 Å². The molecule has 1 atom stereocenters. The van der Waals surface area contributed by atoms with Crippen molar-refractivity contribution in [1.29, 1.82) is 0 Å². The Morgan fingerprint density at radius 2 is 1.95 bits per heavy atom. The fourth-order valence-electron chi connectivity index (χ4n) is 1.76. The van der Waals surface area contributed by atoms with Crippen LogP contribution in [0.25, 0.3) is 0 Å². The number of ether oxygens (including phenoxy) is 2. The number of methoxy groups -OCH3 is 2. The minimum Gasteiger partial charge on any atom is -0.495 e. The summed E-state index contributed by atoms with van der Waals surface area (Å²) in [5.41, 5.74) is 0.578. The summed E-state index contributed by atoms with van der Waals surface area (Å²) in [6.07, 6.45) is 0. The van der Waals surface area contributed by atoms with E-state index in [0.717, 1.165) is 0 Å². The number of primary sulfonamides is 1. The van der Waals surface area contributed by atoms with Gasteiger partial charge in [-0.25, -0.2) is 13.6 Å². The lowest BCUT2D eigenvalue weighted by Crippen LogP contribution is -2.30. The van der Waals surface area contributed by atoms with Crippen molar-refractivity contribution in [3.63, 3.8) is 0 Å². The maximum absolute atomic E-state index is 11.4. The van der Waals surface area contributed by atoms with Crippen LogP contribution in [0.3, 0.4) is 0 Å². The minimum absolute atomic E-state index is 0.0321. The van der Waals surface area contributed by atoms with Crippen LogP contribution in [0.1, 0.15) is 13.8 Å². The summed E-state index contributed by atoms with van der Waals surface area (Å²) in [5.74, 6) is 0.858. The lowest BCUT2D eigenvalue weighted by Gasteiger charge is -2.24. The molecule has 0 spiro atoms. The summed E-state index contributed by atoms with van der Waals surface area (Å²) in [7, 11) is -0.600. The molecule has 7 heteroatoms. The summed E-state index contributed by atoms with van der Waals surface area (Å²) in [6.45, 7) is 4.60. The van der Waals surface area contributed by atoms with Gasteiger partial charge in [-0.05, 0) is 24.1 Å². The molecule has 0 radical (unpaired) electrons. The van der Waals surface area contributed by atoms with E-state index in [1.54, 1.807) is 13.2 Å². The highest BCUT2D eigenvalue weighted by Gasteiger charge is 2.17. The Bertz CT molecular complexity index is 543. The Morgan fingerprint density at radius 3 is 2.40 bits per heavy atom. The highest BCUT2D eigenvalue weighted by Crippen LogP contribution is 2.28. The number of nitrogens with two attached hydrogens (primary N) is 1. The van der Waals surface area contributed by atoms with Gasteiger partial charge in [-0.1, -0.05) is 13.8 Å². The van der Waals surface area contributed by atoms with Gasteiger partial charge in [-0.15, -0.1) is 0 Å². The fourth-order valence-corrected chi connectivity index (χ4v) is 2.30. The number of hydrogen-bond donors (Lipinski definition) is 2. The van der Waals surface area contributed by atoms with Crippen molar-refractivity contribution in [2.75, 3.05) is 26.1 Å². The van der Waals surface area contributed by atoms with Gasteiger partial charge >= 0.3 is 0 Å². The molecule has 114 valence electrons. The van der Waals surface area contributed by atoms with Crippen LogP contribution in [0.5, 0.6) is 5.75 Å². The molecule has 0 heterocycles. The van der Waals surface area contributed by atoms with Crippen molar-refractivity contribution in [3.05, 3.63) is 18.2 Å². The topological polar surface area (TPSA) is 90.6 Å². The third-order valence-electron chi connectivity index (χ3n) is 2.99. The summed E-state index contributed by atoms with van der Waals surface area (Å²) < 4.78 is 33.2. The lowest BCUT2D eigenvalue weighted by atomic mass is 10.0. The minimum atomic E-state index is -3.75. The zero-order valence-corrected chi connectivity index (χ0v) is 13.0. The monoisotopic (exact) mass is 302 g/mol. The van der Waals surface area contributed by atoms with Crippen LogP contribution in [-0.2, 0) is 14.8 Å². The van der Waals surface area contributed by atoms with Crippen molar-refractivity contribution in [3.8, 4) is 5.75 Å². The van der Waals surface area contributed by atoms with E-state index < -0.39 is 10.0 Å². The highest BCUT2D eigenvalue weighted by atomic mass is 32.2. The first-order valence-electron chi connectivity index (χ1n) is 6.26. The van der Waals surface area contributed by atoms with Gasteiger partial charge in [-0.3, -0.25) is 0 Å². The Balaban J connectivity index is 3.13. The SMILES string of the molecule is COCC(Nc1cc(S(N)(=O)=O)ccc1OC)C(C)C. The highest BCUT2D eigenvalue weighted by molar-refractivity contribution is 7.89. The molecule has 1 aromatic rings. The molecule has 0 amide bonds. The molecule has 6 nitrogen and oxygen atoms in total. The van der Waals surface area contributed by atoms with Gasteiger partial charge in [0.15, 0.2) is 0 Å². The Kier molecular flexibility index (Phi) is 5.79. The lowest BCUT2D eigenvalue weighted by molar-refractivity contribution is 0.171. The maximum Gasteiger partial charge on any atom is 0.238 e. The van der Waals surface area contributed by atoms with Crippen LogP contribution in [0.15, 0.2) is 23.1 Å². The molecule has 1 aromatic carbocycles. The molecular formula is C13H22N2O4S. The van der Waals surface area contributed by atoms with Crippen LogP contribution in [0.4, 0.5) is 5.69 Å². The standard InChI is InChI=1S/C13H22N2O4S/c1-9(2)12(8-18-3)15-11-7-10(20(14,16)17)5-6-13(11)19-4/h5-7,9,12,15H,8H2,1-4H3,(H2,14,16,17). The largest absolute Gasteiger partial charge is 0.495 e. The number of anilines is 1. The van der Waals surface area contributed by atoms with Crippen LogP contribution in [-0.4, -0.2) is 35.3 Å². The van der Waals surface area contributed by atoms with Gasteiger partial charge in [0.1, 0.15) is 5.75 Å². The average Bonchev–Trinajstić information content (AvgIpc) is 2.36. The van der Waals surface area contributed by atoms with E-state index in [0.29, 0.717) is 24.0 Å². The zero-order valence-electron chi connectivity index (χ0n) is 12.2. The molecule has 0 aliphatic heterocycles. The predicted octanol–water partition coefficient (Wildman–Crippen LogP) is 1.43. The van der Waals surface area contributed by atoms with E-state index in [4.69, 9.17) is 14.6 Å². The number of benzene rings is 1. The van der Waals surface area contributed by atoms with E-state index in [9.17, 15) is 8.42 Å². The molecule has 0 aromatic heterocycles. The molecule has 0 fully saturated rings. The maximum atomic E-state index is 11.4. The van der Waals surface area contributed by atoms with Gasteiger partial charge in [0.2, 0.25) is 10.0 Å². The van der Waals surface area contributed by atoms with Crippen molar-refractivity contribution >= 4 is 15.7 Å². The van der Waals surface area contributed by atoms with Crippen LogP contribution in [0.2, 0.25) is 0 Å². The second-order valence-electron chi connectivity index (χ2n) is 4.86. The first kappa shape index (κ1) is 16.7. The second kappa shape index (κ2) is 6.92. The summed E-state index contributed by atoms with van der Waals surface area (Å²) in [6, 6.07) is 4.50. The van der Waals surface area contributed by atoms with E-state index in [-0.39, 0.29) is 10.9 Å². The molecule has 0 saturated carbocycles. The summed E-state index contributed by atoms with van der Waals surface area (Å²) in [4.78, 5) is 0.0423. The number of sulfonamides is 1. The van der Waals surface area contributed by atoms with Crippen molar-refractivity contribution in [2.45, 2.75) is 24.8 Å². The van der Waals surface area contributed by atoms with Gasteiger partial charge in [0.05, 0.1) is 30.3 Å². The third-order valence-corrected chi connectivity index (χ3v) is 3.90. The quantitative estimate of drug-likeness (QED) is 0.795. The molecule has 0 saturated heterocycles. The molecule has 0 aliphatic rings. The molecule has 0 bridgehead atoms. The van der Waals surface area contributed by atoms with Crippen molar-refractivity contribution in [2.24, 2.45) is 11.1 Å². The van der Waals surface area contributed by atoms with Gasteiger partial charge < -0.3 is 14.8 Å². The fraction of sp³-hybridized carbons (Fsp3) is 0.538. The molecule has 3 N–H and O–H groups in total. The van der Waals surface area contributed by atoms with Crippen LogP contribution < -0.4 is 15.2 Å². The smallest absolute Gasteiger partial charge is 0.238 e. The zero-order chi connectivity index (χ0) is 15.3. The van der Waals surface area contributed by atoms with Crippen molar-refractivity contribution in [1.82, 2.24) is 0 Å². The number of rotatable bonds is 7. The summed E-state index contributed by atoms with van der Waals surface area (Å²) >= 11 is 0. The first-order valence-corrected chi connectivity index (χ1v) is 7.80. The molecule has 1 unspecified atom stereocenters. The van der Waals surface area contributed by atoms with E-state index >= 15 is 0 Å². The van der Waals surface area contributed by atoms with Crippen molar-refractivity contribution < 1.29 is 17.9 Å². The Morgan fingerprint density at radius 1 is 1.30 bits per heavy atom. The number of hydrogen-bond acceptors (Lipinski definition) is 5. The molecule has 0 aliphatic carbocycles. The first-order chi connectivity index (χ1) is 9.29. The molecule has 20 heavy (non-hydrogen) atoms. The average molecular weight is 302 g/mol.